The van der Waals surface area contributed by atoms with E-state index in [1.54, 1.807) is 0 Å². The van der Waals surface area contributed by atoms with Crippen LogP contribution in [0.1, 0.15) is 105 Å². The van der Waals surface area contributed by atoms with Crippen LogP contribution in [0.4, 0.5) is 0 Å². The zero-order valence-corrected chi connectivity index (χ0v) is 42.4. The number of rotatable bonds is 14. The molecule has 0 amide bonds. The average molecular weight is 1050 g/mol. The van der Waals surface area contributed by atoms with Crippen LogP contribution in [0.5, 0.6) is 0 Å². The lowest BCUT2D eigenvalue weighted by molar-refractivity contribution is -0.389. The Morgan fingerprint density at radius 1 is 0.753 bits per heavy atom. The fourth-order valence-electron chi connectivity index (χ4n) is 15.1. The zero-order valence-electron chi connectivity index (χ0n) is 42.4. The molecule has 73 heavy (non-hydrogen) atoms. The molecule has 1 spiro atoms. The van der Waals surface area contributed by atoms with Crippen molar-refractivity contribution in [1.29, 1.82) is 0 Å². The number of aliphatic hydroxyl groups is 10. The second-order valence-electron chi connectivity index (χ2n) is 23.8. The number of carboxylic acids is 1. The third-order valence-corrected chi connectivity index (χ3v) is 19.1. The summed E-state index contributed by atoms with van der Waals surface area (Å²) >= 11 is 0. The van der Waals surface area contributed by atoms with Crippen LogP contribution in [0.25, 0.3) is 0 Å². The molecular formula is C51H80O22. The molecule has 9 rings (SSSR count). The summed E-state index contributed by atoms with van der Waals surface area (Å²) in [4.78, 5) is 23.5. The first-order valence-electron chi connectivity index (χ1n) is 26.5. The Bertz CT molecular complexity index is 1980. The smallest absolute Gasteiger partial charge is 0.308 e. The number of carboxylic acid groups (broad SMARTS) is 1. The Balaban J connectivity index is 0.851. The van der Waals surface area contributed by atoms with Gasteiger partial charge in [0.2, 0.25) is 0 Å². The number of hydrogen-bond acceptors (Lipinski definition) is 21. The molecule has 3 saturated carbocycles. The third-order valence-electron chi connectivity index (χ3n) is 19.1. The van der Waals surface area contributed by atoms with E-state index in [2.05, 4.69) is 26.8 Å². The van der Waals surface area contributed by atoms with Crippen molar-refractivity contribution in [3.63, 3.8) is 0 Å². The predicted molar refractivity (Wildman–Crippen MR) is 247 cm³/mol. The molecule has 5 aliphatic heterocycles. The van der Waals surface area contributed by atoms with Crippen LogP contribution in [0.3, 0.4) is 0 Å². The molecule has 0 radical (unpaired) electrons. The minimum absolute atomic E-state index is 0.0305. The van der Waals surface area contributed by atoms with E-state index in [4.69, 9.17) is 47.7 Å². The van der Waals surface area contributed by atoms with Gasteiger partial charge in [0.15, 0.2) is 24.7 Å². The SMILES string of the molecule is C[C@@H]1O[C@@H](O[C@H]2[C@H](O[C@H]3CC[C@@]4(C)C(=CC[C@H]5[C@@H]6C[C@@H]7O[C@]8(CC[C@@H](COC(=O)CC(C)(O)CC(=O)O)CO8)[C@@H](C)[C@@H]7[C@@]6(C)CC[C@@H]54)C3)O[C@H](CO)[C@@H](O[C@@H]3O[C@H](CO)[C@@H](O)[C@H](O)[C@H]3O)[C@@H]2O)[C@H](O)[C@H](O)[C@H]1O. The summed E-state index contributed by atoms with van der Waals surface area (Å²) in [6, 6.07) is 0. The third kappa shape index (κ3) is 10.3. The first-order valence-corrected chi connectivity index (χ1v) is 26.5. The summed E-state index contributed by atoms with van der Waals surface area (Å²) in [7, 11) is 0. The second kappa shape index (κ2) is 21.3. The number of fused-ring (bicyclic) bond motifs is 7. The van der Waals surface area contributed by atoms with Crippen molar-refractivity contribution in [1.82, 2.24) is 0 Å². The molecule has 22 heteroatoms. The fourth-order valence-corrected chi connectivity index (χ4v) is 15.1. The van der Waals surface area contributed by atoms with Gasteiger partial charge >= 0.3 is 11.9 Å². The Hall–Kier alpha value is -2.04. The largest absolute Gasteiger partial charge is 0.481 e. The van der Waals surface area contributed by atoms with Gasteiger partial charge in [-0.1, -0.05) is 32.4 Å². The van der Waals surface area contributed by atoms with Crippen molar-refractivity contribution in [2.24, 2.45) is 46.3 Å². The maximum Gasteiger partial charge on any atom is 0.308 e. The monoisotopic (exact) mass is 1040 g/mol. The predicted octanol–water partition coefficient (Wildman–Crippen LogP) is -0.647. The van der Waals surface area contributed by atoms with Crippen molar-refractivity contribution in [3.05, 3.63) is 11.6 Å². The van der Waals surface area contributed by atoms with Gasteiger partial charge in [-0.25, -0.2) is 0 Å². The topological polar surface area (TPSA) is 340 Å². The van der Waals surface area contributed by atoms with Crippen molar-refractivity contribution < 1.29 is 108 Å². The molecule has 0 aromatic carbocycles. The lowest BCUT2D eigenvalue weighted by atomic mass is 9.47. The molecule has 11 N–H and O–H groups in total. The summed E-state index contributed by atoms with van der Waals surface area (Å²) in [6.45, 7) is 8.86. The molecule has 0 aromatic heterocycles. The molecule has 5 saturated heterocycles. The highest BCUT2D eigenvalue weighted by atomic mass is 16.8. The molecule has 8 fully saturated rings. The van der Waals surface area contributed by atoms with Crippen LogP contribution in [-0.4, -0.2) is 210 Å². The Morgan fingerprint density at radius 3 is 2.10 bits per heavy atom. The summed E-state index contributed by atoms with van der Waals surface area (Å²) in [6.07, 6.45) is -15.2. The molecule has 416 valence electrons. The van der Waals surface area contributed by atoms with E-state index in [-0.39, 0.29) is 35.4 Å². The fraction of sp³-hybridized carbons (Fsp3) is 0.922. The molecule has 9 aliphatic rings. The van der Waals surface area contributed by atoms with Crippen LogP contribution >= 0.6 is 0 Å². The Morgan fingerprint density at radius 2 is 1.42 bits per heavy atom. The first kappa shape index (κ1) is 55.7. The Labute approximate surface area is 424 Å². The van der Waals surface area contributed by atoms with E-state index in [9.17, 15) is 60.7 Å². The summed E-state index contributed by atoms with van der Waals surface area (Å²) in [5.74, 6) is -0.908. The van der Waals surface area contributed by atoms with Crippen LogP contribution in [0.2, 0.25) is 0 Å². The highest BCUT2D eigenvalue weighted by Crippen LogP contribution is 2.71. The van der Waals surface area contributed by atoms with Gasteiger partial charge in [0.25, 0.3) is 0 Å². The number of allylic oxidation sites excluding steroid dienone is 1. The molecule has 22 nitrogen and oxygen atoms in total. The number of carbonyl (C=O) groups excluding carboxylic acids is 1. The lowest BCUT2D eigenvalue weighted by Gasteiger charge is -2.59. The lowest BCUT2D eigenvalue weighted by Crippen LogP contribution is -2.67. The van der Waals surface area contributed by atoms with Crippen LogP contribution in [0, 0.1) is 46.3 Å². The van der Waals surface area contributed by atoms with E-state index in [1.165, 1.54) is 19.4 Å². The minimum Gasteiger partial charge on any atom is -0.481 e. The minimum atomic E-state index is -1.85. The molecular weight excluding hydrogens is 965 g/mol. The number of aliphatic carboxylic acids is 1. The summed E-state index contributed by atoms with van der Waals surface area (Å²) in [5.41, 5.74) is -0.524. The molecule has 4 aliphatic carbocycles. The highest BCUT2D eigenvalue weighted by molar-refractivity contribution is 5.73. The second-order valence-corrected chi connectivity index (χ2v) is 23.8. The van der Waals surface area contributed by atoms with Gasteiger partial charge < -0.3 is 98.8 Å². The van der Waals surface area contributed by atoms with E-state index >= 15 is 0 Å². The standard InChI is InChI=1S/C51H80O22/c1-22-35-30(73-51(22)13-8-24(21-66-51)20-65-34(56)17-48(3,64)16-33(54)55)15-29-27-7-6-25-14-26(9-11-49(25,4)28(27)10-12-50(29,35)5)68-47-44(72-45-40(61)38(59)36(57)23(2)67-45)42(63)43(32(19-53)70-47)71-46-41(62)39(60)37(58)31(18-52)69-46/h6,22-24,26-32,35-47,52-53,57-64H,7-21H2,1-5H3,(H,54,55)/t22-,23-,24-,26-,27+,28-,29-,30-,31+,32+,35-,36-,37+,38+,39-,40+,41+,42-,43+,44+,45-,46-,47+,48?,49-,50-,51+/m0/s1. The first-order chi connectivity index (χ1) is 34.4. The number of aliphatic hydroxyl groups excluding tert-OH is 9. The van der Waals surface area contributed by atoms with Crippen LogP contribution in [-0.2, 0) is 52.2 Å². The molecule has 0 bridgehead atoms. The summed E-state index contributed by atoms with van der Waals surface area (Å²) < 4.78 is 55.5. The van der Waals surface area contributed by atoms with E-state index in [0.29, 0.717) is 49.5 Å². The maximum atomic E-state index is 12.5. The van der Waals surface area contributed by atoms with Gasteiger partial charge in [-0.15, -0.1) is 0 Å². The number of carbonyl (C=O) groups is 2. The van der Waals surface area contributed by atoms with Gasteiger partial charge in [-0.05, 0) is 99.7 Å². The van der Waals surface area contributed by atoms with Crippen molar-refractivity contribution in [3.8, 4) is 0 Å². The van der Waals surface area contributed by atoms with E-state index in [1.807, 2.05) is 0 Å². The quantitative estimate of drug-likeness (QED) is 0.0761. The van der Waals surface area contributed by atoms with Gasteiger partial charge in [0, 0.05) is 18.3 Å². The molecule has 1 unspecified atom stereocenters. The van der Waals surface area contributed by atoms with Gasteiger partial charge in [0.05, 0.1) is 63.2 Å². The van der Waals surface area contributed by atoms with E-state index < -0.39 is 148 Å². The summed E-state index contributed by atoms with van der Waals surface area (Å²) in [5, 5.41) is 115. The highest BCUT2D eigenvalue weighted by Gasteiger charge is 2.69. The van der Waals surface area contributed by atoms with E-state index in [0.717, 1.165) is 38.5 Å². The molecule has 0 aromatic rings. The van der Waals surface area contributed by atoms with Gasteiger partial charge in [-0.2, -0.15) is 0 Å². The zero-order chi connectivity index (χ0) is 52.7. The molecule has 27 atom stereocenters. The van der Waals surface area contributed by atoms with Gasteiger partial charge in [-0.3, -0.25) is 9.59 Å². The Kier molecular flexibility index (Phi) is 16.3. The normalized spacial score (nSPS) is 51.5. The number of hydrogen-bond donors (Lipinski definition) is 11. The number of ether oxygens (including phenoxy) is 9. The number of esters is 1. The average Bonchev–Trinajstić information content (AvgIpc) is 3.79. The maximum absolute atomic E-state index is 12.5. The van der Waals surface area contributed by atoms with Gasteiger partial charge in [0.1, 0.15) is 67.1 Å². The molecule has 5 heterocycles. The van der Waals surface area contributed by atoms with Crippen molar-refractivity contribution >= 4 is 11.9 Å². The van der Waals surface area contributed by atoms with Crippen LogP contribution in [0.15, 0.2) is 11.6 Å². The van der Waals surface area contributed by atoms with Crippen molar-refractivity contribution in [2.45, 2.75) is 221 Å². The van der Waals surface area contributed by atoms with Crippen molar-refractivity contribution in [2.75, 3.05) is 26.4 Å². The van der Waals surface area contributed by atoms with Crippen LogP contribution < -0.4 is 0 Å².